The highest BCUT2D eigenvalue weighted by Gasteiger charge is 2.19. The van der Waals surface area contributed by atoms with E-state index in [-0.39, 0.29) is 24.2 Å². The van der Waals surface area contributed by atoms with Gasteiger partial charge in [0.05, 0.1) is 5.92 Å². The van der Waals surface area contributed by atoms with Gasteiger partial charge in [0.1, 0.15) is 5.82 Å². The standard InChI is InChI=1S/C16H22FNO3/c1-3-5-13(16(20)21)10-18-15(19)11(2)8-12-6-4-7-14(17)9-12/h4,6-7,9,11,13H,3,5,8,10H2,1-2H3,(H,18,19)(H,20,21). The van der Waals surface area contributed by atoms with Gasteiger partial charge < -0.3 is 10.4 Å². The lowest BCUT2D eigenvalue weighted by atomic mass is 9.99. The second-order valence-electron chi connectivity index (χ2n) is 5.30. The molecule has 0 radical (unpaired) electrons. The summed E-state index contributed by atoms with van der Waals surface area (Å²) < 4.78 is 13.1. The van der Waals surface area contributed by atoms with E-state index in [0.29, 0.717) is 12.8 Å². The van der Waals surface area contributed by atoms with E-state index in [4.69, 9.17) is 5.11 Å². The van der Waals surface area contributed by atoms with Crippen molar-refractivity contribution >= 4 is 11.9 Å². The molecule has 4 nitrogen and oxygen atoms in total. The lowest BCUT2D eigenvalue weighted by Crippen LogP contribution is -2.36. The van der Waals surface area contributed by atoms with Crippen LogP contribution >= 0.6 is 0 Å². The highest BCUT2D eigenvalue weighted by atomic mass is 19.1. The molecule has 1 amide bonds. The minimum atomic E-state index is -0.894. The molecule has 5 heteroatoms. The summed E-state index contributed by atoms with van der Waals surface area (Å²) in [7, 11) is 0. The number of carbonyl (C=O) groups is 2. The zero-order valence-corrected chi connectivity index (χ0v) is 12.4. The Balaban J connectivity index is 2.49. The Kier molecular flexibility index (Phi) is 6.85. The fourth-order valence-electron chi connectivity index (χ4n) is 2.17. The fraction of sp³-hybridized carbons (Fsp3) is 0.500. The SMILES string of the molecule is CCCC(CNC(=O)C(C)Cc1cccc(F)c1)C(=O)O. The molecule has 0 saturated carbocycles. The van der Waals surface area contributed by atoms with Crippen LogP contribution in [0.15, 0.2) is 24.3 Å². The highest BCUT2D eigenvalue weighted by molar-refractivity contribution is 5.79. The van der Waals surface area contributed by atoms with Gasteiger partial charge in [0.2, 0.25) is 5.91 Å². The predicted octanol–water partition coefficient (Wildman–Crippen LogP) is 2.62. The van der Waals surface area contributed by atoms with Gasteiger partial charge in [0.15, 0.2) is 0 Å². The van der Waals surface area contributed by atoms with Gasteiger partial charge in [-0.2, -0.15) is 0 Å². The van der Waals surface area contributed by atoms with Crippen molar-refractivity contribution < 1.29 is 19.1 Å². The van der Waals surface area contributed by atoms with Crippen LogP contribution in [0.1, 0.15) is 32.3 Å². The van der Waals surface area contributed by atoms with E-state index in [0.717, 1.165) is 12.0 Å². The van der Waals surface area contributed by atoms with Gasteiger partial charge in [-0.15, -0.1) is 0 Å². The Hall–Kier alpha value is -1.91. The molecular formula is C16H22FNO3. The molecule has 2 atom stereocenters. The van der Waals surface area contributed by atoms with Crippen molar-refractivity contribution in [1.29, 1.82) is 0 Å². The van der Waals surface area contributed by atoms with Crippen LogP contribution in [0.25, 0.3) is 0 Å². The number of hydrogen-bond donors (Lipinski definition) is 2. The lowest BCUT2D eigenvalue weighted by molar-refractivity contribution is -0.142. The number of amides is 1. The van der Waals surface area contributed by atoms with Crippen LogP contribution in [0.2, 0.25) is 0 Å². The molecule has 0 aliphatic rings. The van der Waals surface area contributed by atoms with Gasteiger partial charge in [-0.1, -0.05) is 32.4 Å². The number of nitrogens with one attached hydrogen (secondary N) is 1. The van der Waals surface area contributed by atoms with Gasteiger partial charge >= 0.3 is 5.97 Å². The third kappa shape index (κ3) is 5.94. The molecule has 0 aliphatic heterocycles. The zero-order chi connectivity index (χ0) is 15.8. The number of aliphatic carboxylic acids is 1. The van der Waals surface area contributed by atoms with Gasteiger partial charge in [-0.3, -0.25) is 9.59 Å². The van der Waals surface area contributed by atoms with Crippen molar-refractivity contribution in [3.05, 3.63) is 35.6 Å². The normalized spacial score (nSPS) is 13.5. The van der Waals surface area contributed by atoms with Crippen molar-refractivity contribution in [3.63, 3.8) is 0 Å². The van der Waals surface area contributed by atoms with E-state index in [1.807, 2.05) is 6.92 Å². The van der Waals surface area contributed by atoms with E-state index < -0.39 is 11.9 Å². The first-order valence-electron chi connectivity index (χ1n) is 7.19. The maximum absolute atomic E-state index is 13.1. The Labute approximate surface area is 124 Å². The Morgan fingerprint density at radius 1 is 1.38 bits per heavy atom. The van der Waals surface area contributed by atoms with Crippen LogP contribution in [-0.2, 0) is 16.0 Å². The van der Waals surface area contributed by atoms with E-state index in [1.54, 1.807) is 19.1 Å². The number of benzene rings is 1. The summed E-state index contributed by atoms with van der Waals surface area (Å²) >= 11 is 0. The van der Waals surface area contributed by atoms with Gasteiger partial charge in [0, 0.05) is 12.5 Å². The molecule has 0 aromatic heterocycles. The van der Waals surface area contributed by atoms with Crippen LogP contribution in [-0.4, -0.2) is 23.5 Å². The summed E-state index contributed by atoms with van der Waals surface area (Å²) in [5.41, 5.74) is 0.751. The molecule has 0 saturated heterocycles. The van der Waals surface area contributed by atoms with Crippen LogP contribution in [0.5, 0.6) is 0 Å². The maximum atomic E-state index is 13.1. The molecule has 1 aromatic rings. The molecule has 1 rings (SSSR count). The van der Waals surface area contributed by atoms with Crippen molar-refractivity contribution in [1.82, 2.24) is 5.32 Å². The number of halogens is 1. The largest absolute Gasteiger partial charge is 0.481 e. The minimum absolute atomic E-state index is 0.134. The van der Waals surface area contributed by atoms with E-state index in [9.17, 15) is 14.0 Å². The maximum Gasteiger partial charge on any atom is 0.308 e. The smallest absolute Gasteiger partial charge is 0.308 e. The van der Waals surface area contributed by atoms with E-state index in [1.165, 1.54) is 12.1 Å². The monoisotopic (exact) mass is 295 g/mol. The molecule has 21 heavy (non-hydrogen) atoms. The average Bonchev–Trinajstić information content (AvgIpc) is 2.42. The number of hydrogen-bond acceptors (Lipinski definition) is 2. The van der Waals surface area contributed by atoms with E-state index >= 15 is 0 Å². The summed E-state index contributed by atoms with van der Waals surface area (Å²) in [6.45, 7) is 3.79. The minimum Gasteiger partial charge on any atom is -0.481 e. The molecule has 116 valence electrons. The topological polar surface area (TPSA) is 66.4 Å². The molecule has 0 heterocycles. The zero-order valence-electron chi connectivity index (χ0n) is 12.4. The average molecular weight is 295 g/mol. The third-order valence-corrected chi connectivity index (χ3v) is 3.39. The highest BCUT2D eigenvalue weighted by Crippen LogP contribution is 2.11. The first kappa shape index (κ1) is 17.1. The molecule has 0 bridgehead atoms. The summed E-state index contributed by atoms with van der Waals surface area (Å²) in [5.74, 6) is -2.31. The molecule has 2 unspecified atom stereocenters. The summed E-state index contributed by atoms with van der Waals surface area (Å²) in [5, 5.41) is 11.7. The summed E-state index contributed by atoms with van der Waals surface area (Å²) in [6, 6.07) is 6.14. The van der Waals surface area contributed by atoms with Crippen molar-refractivity contribution in [2.45, 2.75) is 33.1 Å². The Bertz CT molecular complexity index is 490. The van der Waals surface area contributed by atoms with Gasteiger partial charge in [-0.25, -0.2) is 4.39 Å². The van der Waals surface area contributed by atoms with Crippen LogP contribution in [0.4, 0.5) is 4.39 Å². The van der Waals surface area contributed by atoms with Crippen LogP contribution in [0.3, 0.4) is 0 Å². The predicted molar refractivity (Wildman–Crippen MR) is 78.3 cm³/mol. The fourth-order valence-corrected chi connectivity index (χ4v) is 2.17. The molecule has 2 N–H and O–H groups in total. The van der Waals surface area contributed by atoms with Gasteiger partial charge in [0.25, 0.3) is 0 Å². The molecule has 0 fully saturated rings. The van der Waals surface area contributed by atoms with Crippen molar-refractivity contribution in [2.24, 2.45) is 11.8 Å². The molecule has 0 aliphatic carbocycles. The Morgan fingerprint density at radius 2 is 2.10 bits per heavy atom. The third-order valence-electron chi connectivity index (χ3n) is 3.39. The second kappa shape index (κ2) is 8.39. The van der Waals surface area contributed by atoms with Gasteiger partial charge in [-0.05, 0) is 30.5 Å². The van der Waals surface area contributed by atoms with Crippen molar-refractivity contribution in [2.75, 3.05) is 6.54 Å². The first-order valence-corrected chi connectivity index (χ1v) is 7.19. The van der Waals surface area contributed by atoms with Crippen LogP contribution < -0.4 is 5.32 Å². The first-order chi connectivity index (χ1) is 9.93. The number of carbonyl (C=O) groups excluding carboxylic acids is 1. The second-order valence-corrected chi connectivity index (χ2v) is 5.30. The number of rotatable bonds is 8. The quantitative estimate of drug-likeness (QED) is 0.774. The molecule has 0 spiro atoms. The summed E-state index contributed by atoms with van der Waals surface area (Å²) in [6.07, 6.45) is 1.72. The Morgan fingerprint density at radius 3 is 2.67 bits per heavy atom. The molecule has 1 aromatic carbocycles. The van der Waals surface area contributed by atoms with Crippen LogP contribution in [0, 0.1) is 17.7 Å². The van der Waals surface area contributed by atoms with Crippen molar-refractivity contribution in [3.8, 4) is 0 Å². The molecular weight excluding hydrogens is 273 g/mol. The summed E-state index contributed by atoms with van der Waals surface area (Å²) in [4.78, 5) is 23.0. The van der Waals surface area contributed by atoms with E-state index in [2.05, 4.69) is 5.32 Å². The number of carboxylic acids is 1. The lowest BCUT2D eigenvalue weighted by Gasteiger charge is -2.16. The number of carboxylic acid groups (broad SMARTS) is 1.